The lowest BCUT2D eigenvalue weighted by atomic mass is 9.89. The Morgan fingerprint density at radius 2 is 1.67 bits per heavy atom. The zero-order chi connectivity index (χ0) is 50.5. The number of nitrogens with one attached hydrogen (secondary N) is 2. The van der Waals surface area contributed by atoms with E-state index in [2.05, 4.69) is 94.3 Å². The van der Waals surface area contributed by atoms with Crippen molar-refractivity contribution in [3.05, 3.63) is 134 Å². The van der Waals surface area contributed by atoms with Gasteiger partial charge in [0.05, 0.1) is 30.1 Å². The first-order valence-electron chi connectivity index (χ1n) is 24.5. The SMILES string of the molecule is Cc1ccsc1-c1ccc([C@H](C)NC(=O)[C@@H]2C[C@@H](C)CN2C(=O)[C@H](C(C)C)n2cc(-c3ccnc(OC4CC(NC(=O)C[C@@H]5N=C(c6ccc(Cl)cc6)c6c(sc(C)c6C)-n6c(C)nnc65)C4)n3)cn2)cc1. The summed E-state index contributed by atoms with van der Waals surface area (Å²) in [6.45, 7) is 16.8. The number of aromatic nitrogens is 7. The minimum Gasteiger partial charge on any atom is -0.460 e. The Bertz CT molecular complexity index is 3190. The highest BCUT2D eigenvalue weighted by Gasteiger charge is 2.42. The number of thiophene rings is 2. The number of carbonyl (C=O) groups excluding carboxylic acids is 3. The van der Waals surface area contributed by atoms with Crippen molar-refractivity contribution in [2.45, 2.75) is 117 Å². The summed E-state index contributed by atoms with van der Waals surface area (Å²) in [7, 11) is 0. The standard InChI is InChI=1S/C54H58ClN11O4S2/c1-28(2)48(52(69)64-26-29(3)21-44(64)51(68)58-32(6)35-9-11-37(12-10-35)49-30(4)18-20-71-49)65-27-38(25-57-65)42-17-19-56-54(61-42)70-41-22-40(23-41)59-45(67)24-43-50-63-62-34(8)66(50)53-46(31(5)33(7)72-53)47(60-43)36-13-15-39(55)16-14-36/h9-20,25,27-29,32,40-41,43-44,48H,21-24,26H2,1-8H3,(H,58,68)(H,59,67)/t29-,32+,40?,41?,43+,44+,48+/m1/s1. The summed E-state index contributed by atoms with van der Waals surface area (Å²) in [4.78, 5) is 60.8. The minimum atomic E-state index is -0.644. The smallest absolute Gasteiger partial charge is 0.317 e. The molecule has 1 saturated heterocycles. The molecule has 72 heavy (non-hydrogen) atoms. The monoisotopic (exact) mass is 1020 g/mol. The van der Waals surface area contributed by atoms with Crippen LogP contribution >= 0.6 is 34.3 Å². The molecule has 18 heteroatoms. The summed E-state index contributed by atoms with van der Waals surface area (Å²) in [6.07, 6.45) is 6.79. The lowest BCUT2D eigenvalue weighted by Gasteiger charge is -2.35. The van der Waals surface area contributed by atoms with Gasteiger partial charge in [0.15, 0.2) is 5.82 Å². The van der Waals surface area contributed by atoms with Crippen LogP contribution in [-0.4, -0.2) is 87.6 Å². The zero-order valence-corrected chi connectivity index (χ0v) is 44.0. The Morgan fingerprint density at radius 1 is 0.917 bits per heavy atom. The van der Waals surface area contributed by atoms with Crippen LogP contribution in [0.1, 0.15) is 116 Å². The summed E-state index contributed by atoms with van der Waals surface area (Å²) in [5, 5.41) is 23.8. The second kappa shape index (κ2) is 20.2. The first-order valence-corrected chi connectivity index (χ1v) is 26.6. The Labute approximate surface area is 432 Å². The predicted octanol–water partition coefficient (Wildman–Crippen LogP) is 9.92. The molecular formula is C54H58ClN11O4S2. The van der Waals surface area contributed by atoms with Crippen LogP contribution in [-0.2, 0) is 14.4 Å². The number of halogens is 1. The van der Waals surface area contributed by atoms with Gasteiger partial charge in [0.1, 0.15) is 35.1 Å². The molecule has 1 saturated carbocycles. The number of amides is 3. The van der Waals surface area contributed by atoms with Crippen molar-refractivity contribution in [2.75, 3.05) is 6.54 Å². The molecule has 2 fully saturated rings. The molecule has 5 atom stereocenters. The van der Waals surface area contributed by atoms with Crippen LogP contribution in [0.15, 0.2) is 89.6 Å². The highest BCUT2D eigenvalue weighted by Crippen LogP contribution is 2.40. The van der Waals surface area contributed by atoms with Gasteiger partial charge in [-0.05, 0) is 105 Å². The van der Waals surface area contributed by atoms with Gasteiger partial charge in [-0.15, -0.1) is 32.9 Å². The van der Waals surface area contributed by atoms with Gasteiger partial charge in [0.25, 0.3) is 0 Å². The average Bonchev–Trinajstić information content (AvgIpc) is 4.19. The molecule has 5 aromatic heterocycles. The third-order valence-corrected chi connectivity index (χ3v) is 16.7. The van der Waals surface area contributed by atoms with Crippen LogP contribution in [0.4, 0.5) is 0 Å². The molecule has 0 spiro atoms. The molecule has 2 aliphatic heterocycles. The molecule has 372 valence electrons. The van der Waals surface area contributed by atoms with E-state index in [-0.39, 0.29) is 60.2 Å². The van der Waals surface area contributed by atoms with Crippen molar-refractivity contribution in [1.82, 2.24) is 50.0 Å². The van der Waals surface area contributed by atoms with E-state index in [1.165, 1.54) is 15.3 Å². The van der Waals surface area contributed by atoms with E-state index >= 15 is 0 Å². The van der Waals surface area contributed by atoms with Crippen LogP contribution in [0.5, 0.6) is 6.01 Å². The van der Waals surface area contributed by atoms with E-state index < -0.39 is 18.1 Å². The highest BCUT2D eigenvalue weighted by atomic mass is 35.5. The van der Waals surface area contributed by atoms with Crippen molar-refractivity contribution < 1.29 is 19.1 Å². The van der Waals surface area contributed by atoms with E-state index in [4.69, 9.17) is 26.3 Å². The quantitative estimate of drug-likeness (QED) is 0.107. The molecule has 10 rings (SSSR count). The number of aryl methyl sites for hydroxylation is 3. The molecule has 7 aromatic rings. The molecule has 3 amide bonds. The molecule has 2 aromatic carbocycles. The number of hydrogen-bond acceptors (Lipinski definition) is 12. The number of likely N-dealkylation sites (tertiary alicyclic amines) is 1. The van der Waals surface area contributed by atoms with Crippen LogP contribution < -0.4 is 15.4 Å². The van der Waals surface area contributed by atoms with Crippen LogP contribution in [0.2, 0.25) is 5.02 Å². The maximum atomic E-state index is 14.5. The first kappa shape index (κ1) is 49.0. The van der Waals surface area contributed by atoms with Crippen LogP contribution in [0, 0.1) is 39.5 Å². The summed E-state index contributed by atoms with van der Waals surface area (Å²) in [5.74, 6) is 0.950. The second-order valence-electron chi connectivity index (χ2n) is 19.8. The first-order chi connectivity index (χ1) is 34.6. The maximum Gasteiger partial charge on any atom is 0.317 e. The molecule has 0 radical (unpaired) electrons. The molecule has 0 bridgehead atoms. The van der Waals surface area contributed by atoms with Gasteiger partial charge >= 0.3 is 6.01 Å². The van der Waals surface area contributed by atoms with E-state index in [1.807, 2.05) is 62.7 Å². The van der Waals surface area contributed by atoms with E-state index in [0.29, 0.717) is 47.9 Å². The number of ether oxygens (including phenoxy) is 1. The van der Waals surface area contributed by atoms with E-state index in [1.54, 1.807) is 50.7 Å². The van der Waals surface area contributed by atoms with Crippen LogP contribution in [0.25, 0.3) is 26.7 Å². The Balaban J connectivity index is 0.762. The van der Waals surface area contributed by atoms with Crippen molar-refractivity contribution in [2.24, 2.45) is 16.8 Å². The van der Waals surface area contributed by atoms with E-state index in [9.17, 15) is 14.4 Å². The van der Waals surface area contributed by atoms with E-state index in [0.717, 1.165) is 44.4 Å². The average molecular weight is 1020 g/mol. The summed E-state index contributed by atoms with van der Waals surface area (Å²) < 4.78 is 9.96. The van der Waals surface area contributed by atoms with Gasteiger partial charge in [-0.2, -0.15) is 10.1 Å². The van der Waals surface area contributed by atoms with Gasteiger partial charge < -0.3 is 20.3 Å². The normalized spacial score (nSPS) is 20.2. The fourth-order valence-corrected chi connectivity index (χ4v) is 12.4. The third kappa shape index (κ3) is 9.73. The topological polar surface area (TPSA) is 174 Å². The number of aliphatic imine (C=N–C) groups is 1. The fraction of sp³-hybridized carbons (Fsp3) is 0.389. The molecule has 3 aliphatic rings. The zero-order valence-electron chi connectivity index (χ0n) is 41.6. The molecule has 1 aliphatic carbocycles. The van der Waals surface area contributed by atoms with Crippen LogP contribution in [0.3, 0.4) is 0 Å². The van der Waals surface area contributed by atoms with Gasteiger partial charge in [0.2, 0.25) is 17.7 Å². The number of rotatable bonds is 14. The second-order valence-corrected chi connectivity index (χ2v) is 22.4. The lowest BCUT2D eigenvalue weighted by molar-refractivity contribution is -0.142. The highest BCUT2D eigenvalue weighted by molar-refractivity contribution is 7.15. The third-order valence-electron chi connectivity index (χ3n) is 14.2. The molecule has 7 heterocycles. The number of fused-ring (bicyclic) bond motifs is 3. The summed E-state index contributed by atoms with van der Waals surface area (Å²) in [5.41, 5.74) is 8.54. The number of hydrogen-bond donors (Lipinski definition) is 2. The van der Waals surface area contributed by atoms with Crippen molar-refractivity contribution in [1.29, 1.82) is 0 Å². The van der Waals surface area contributed by atoms with Gasteiger partial charge in [0, 0.05) is 69.3 Å². The summed E-state index contributed by atoms with van der Waals surface area (Å²) in [6, 6.07) is 17.9. The molecule has 2 N–H and O–H groups in total. The number of benzene rings is 2. The fourth-order valence-electron chi connectivity index (χ4n) is 10.1. The lowest BCUT2D eigenvalue weighted by Crippen LogP contribution is -2.49. The number of nitrogens with zero attached hydrogens (tertiary/aromatic N) is 9. The van der Waals surface area contributed by atoms with Gasteiger partial charge in [-0.25, -0.2) is 4.98 Å². The largest absolute Gasteiger partial charge is 0.460 e. The summed E-state index contributed by atoms with van der Waals surface area (Å²) >= 11 is 9.68. The van der Waals surface area contributed by atoms with Gasteiger partial charge in [-0.3, -0.25) is 28.6 Å². The molecular weight excluding hydrogens is 966 g/mol. The van der Waals surface area contributed by atoms with Gasteiger partial charge in [-0.1, -0.05) is 68.8 Å². The molecule has 15 nitrogen and oxygen atoms in total. The molecule has 0 unspecified atom stereocenters. The predicted molar refractivity (Wildman–Crippen MR) is 281 cm³/mol. The maximum absolute atomic E-state index is 14.5. The van der Waals surface area contributed by atoms with Crippen molar-refractivity contribution in [3.8, 4) is 32.7 Å². The van der Waals surface area contributed by atoms with Crippen molar-refractivity contribution in [3.63, 3.8) is 0 Å². The minimum absolute atomic E-state index is 0.0882. The Morgan fingerprint density at radius 3 is 2.39 bits per heavy atom. The Kier molecular flexibility index (Phi) is 13.7. The van der Waals surface area contributed by atoms with Crippen molar-refractivity contribution >= 4 is 57.7 Å². The number of carbonyl (C=O) groups is 3. The Hall–Kier alpha value is -6.56.